The average Bonchev–Trinajstić information content (AvgIpc) is 2.28. The van der Waals surface area contributed by atoms with Crippen LogP contribution in [-0.2, 0) is 0 Å². The molecule has 6 heteroatoms. The first-order valence-electron chi connectivity index (χ1n) is 4.56. The molecule has 2 aromatic rings. The summed E-state index contributed by atoms with van der Waals surface area (Å²) in [7, 11) is 1.55. The molecule has 0 unspecified atom stereocenters. The number of aromatic nitrogens is 4. The van der Waals surface area contributed by atoms with E-state index in [9.17, 15) is 0 Å². The number of nitrogens with zero attached hydrogens (tertiary/aromatic N) is 4. The van der Waals surface area contributed by atoms with E-state index in [-0.39, 0.29) is 0 Å². The van der Waals surface area contributed by atoms with Gasteiger partial charge in [-0.3, -0.25) is 4.98 Å². The fraction of sp³-hybridized carbons (Fsp3) is 0.200. The number of methoxy groups -OCH3 is 1. The van der Waals surface area contributed by atoms with E-state index in [2.05, 4.69) is 19.9 Å². The van der Waals surface area contributed by atoms with Crippen LogP contribution < -0.4 is 4.74 Å². The third-order valence-corrected chi connectivity index (χ3v) is 2.07. The van der Waals surface area contributed by atoms with Crippen LogP contribution >= 0.6 is 11.6 Å². The Morgan fingerprint density at radius 2 is 1.94 bits per heavy atom. The van der Waals surface area contributed by atoms with Gasteiger partial charge in [-0.1, -0.05) is 11.6 Å². The van der Waals surface area contributed by atoms with E-state index in [1.165, 1.54) is 6.20 Å². The molecule has 0 aromatic carbocycles. The van der Waals surface area contributed by atoms with Crippen molar-refractivity contribution in [3.8, 4) is 17.3 Å². The van der Waals surface area contributed by atoms with Crippen molar-refractivity contribution < 1.29 is 4.74 Å². The van der Waals surface area contributed by atoms with Crippen LogP contribution in [0.4, 0.5) is 0 Å². The molecule has 0 N–H and O–H groups in total. The summed E-state index contributed by atoms with van der Waals surface area (Å²) in [5.74, 6) is 1.10. The zero-order valence-corrected chi connectivity index (χ0v) is 9.56. The van der Waals surface area contributed by atoms with Gasteiger partial charge in [0.2, 0.25) is 5.88 Å². The first-order chi connectivity index (χ1) is 7.69. The quantitative estimate of drug-likeness (QED) is 0.797. The van der Waals surface area contributed by atoms with Gasteiger partial charge in [0.15, 0.2) is 0 Å². The Balaban J connectivity index is 2.51. The van der Waals surface area contributed by atoms with Gasteiger partial charge < -0.3 is 4.74 Å². The van der Waals surface area contributed by atoms with E-state index in [1.54, 1.807) is 26.3 Å². The lowest BCUT2D eigenvalue weighted by molar-refractivity contribution is 0.396. The zero-order chi connectivity index (χ0) is 11.5. The number of hydrogen-bond donors (Lipinski definition) is 0. The summed E-state index contributed by atoms with van der Waals surface area (Å²) in [4.78, 5) is 16.4. The van der Waals surface area contributed by atoms with Gasteiger partial charge in [-0.15, -0.1) is 0 Å². The molecule has 5 nitrogen and oxygen atoms in total. The molecule has 2 heterocycles. The van der Waals surface area contributed by atoms with Gasteiger partial charge in [0.25, 0.3) is 0 Å². The Labute approximate surface area is 97.5 Å². The highest BCUT2D eigenvalue weighted by molar-refractivity contribution is 6.29. The Morgan fingerprint density at radius 3 is 2.62 bits per heavy atom. The lowest BCUT2D eigenvalue weighted by Crippen LogP contribution is -1.97. The molecule has 0 spiro atoms. The summed E-state index contributed by atoms with van der Waals surface area (Å²) in [6.07, 6.45) is 3.06. The fourth-order valence-corrected chi connectivity index (χ4v) is 1.39. The van der Waals surface area contributed by atoms with Crippen molar-refractivity contribution in [1.82, 2.24) is 19.9 Å². The molecule has 0 fully saturated rings. The van der Waals surface area contributed by atoms with Gasteiger partial charge in [0, 0.05) is 6.07 Å². The standard InChI is InChI=1S/C10H9ClN4O/c1-6-13-7(3-10(14-6)16-2)8-4-12-5-9(11)15-8/h3-5H,1-2H3. The van der Waals surface area contributed by atoms with Crippen LogP contribution in [0.25, 0.3) is 11.4 Å². The maximum atomic E-state index is 5.76. The van der Waals surface area contributed by atoms with E-state index in [0.29, 0.717) is 28.2 Å². The molecule has 2 rings (SSSR count). The van der Waals surface area contributed by atoms with Crippen molar-refractivity contribution in [2.75, 3.05) is 7.11 Å². The van der Waals surface area contributed by atoms with Crippen LogP contribution in [-0.4, -0.2) is 27.0 Å². The molecule has 0 aliphatic rings. The fourth-order valence-electron chi connectivity index (χ4n) is 1.24. The highest BCUT2D eigenvalue weighted by Crippen LogP contribution is 2.19. The first-order valence-corrected chi connectivity index (χ1v) is 4.94. The maximum Gasteiger partial charge on any atom is 0.216 e. The molecule has 2 aromatic heterocycles. The van der Waals surface area contributed by atoms with Crippen molar-refractivity contribution in [3.05, 3.63) is 29.4 Å². The van der Waals surface area contributed by atoms with Crippen LogP contribution in [0.3, 0.4) is 0 Å². The molecule has 0 atom stereocenters. The second-order valence-electron chi connectivity index (χ2n) is 3.07. The third kappa shape index (κ3) is 2.25. The maximum absolute atomic E-state index is 5.76. The van der Waals surface area contributed by atoms with Crippen LogP contribution in [0.1, 0.15) is 5.82 Å². The third-order valence-electron chi connectivity index (χ3n) is 1.89. The van der Waals surface area contributed by atoms with Gasteiger partial charge in [-0.2, -0.15) is 4.98 Å². The van der Waals surface area contributed by atoms with E-state index in [1.807, 2.05) is 0 Å². The van der Waals surface area contributed by atoms with Crippen molar-refractivity contribution >= 4 is 11.6 Å². The second-order valence-corrected chi connectivity index (χ2v) is 3.46. The van der Waals surface area contributed by atoms with Gasteiger partial charge in [-0.05, 0) is 6.92 Å². The second kappa shape index (κ2) is 4.40. The summed E-state index contributed by atoms with van der Waals surface area (Å²) < 4.78 is 5.06. The van der Waals surface area contributed by atoms with Gasteiger partial charge in [-0.25, -0.2) is 9.97 Å². The summed E-state index contributed by atoms with van der Waals surface area (Å²) in [6.45, 7) is 1.78. The number of halogens is 1. The lowest BCUT2D eigenvalue weighted by Gasteiger charge is -2.04. The minimum atomic E-state index is 0.327. The van der Waals surface area contributed by atoms with Crippen molar-refractivity contribution in [2.45, 2.75) is 6.92 Å². The minimum Gasteiger partial charge on any atom is -0.481 e. The Morgan fingerprint density at radius 1 is 1.12 bits per heavy atom. The molecule has 0 saturated heterocycles. The van der Waals surface area contributed by atoms with Crippen molar-refractivity contribution in [1.29, 1.82) is 0 Å². The molecule has 0 amide bonds. The van der Waals surface area contributed by atoms with Gasteiger partial charge in [0.1, 0.15) is 16.7 Å². The summed E-state index contributed by atoms with van der Waals surface area (Å²) in [5.41, 5.74) is 1.23. The van der Waals surface area contributed by atoms with Crippen molar-refractivity contribution in [2.24, 2.45) is 0 Å². The molecule has 16 heavy (non-hydrogen) atoms. The van der Waals surface area contributed by atoms with E-state index < -0.39 is 0 Å². The number of aryl methyl sites for hydroxylation is 1. The van der Waals surface area contributed by atoms with E-state index in [4.69, 9.17) is 16.3 Å². The van der Waals surface area contributed by atoms with Gasteiger partial charge >= 0.3 is 0 Å². The minimum absolute atomic E-state index is 0.327. The smallest absolute Gasteiger partial charge is 0.216 e. The predicted octanol–water partition coefficient (Wildman–Crippen LogP) is 1.90. The van der Waals surface area contributed by atoms with Crippen LogP contribution in [0.15, 0.2) is 18.5 Å². The summed E-state index contributed by atoms with van der Waals surface area (Å²) in [6, 6.07) is 1.69. The Bertz CT molecular complexity index is 518. The number of rotatable bonds is 2. The lowest BCUT2D eigenvalue weighted by atomic mass is 10.3. The Kier molecular flexibility index (Phi) is 2.96. The number of hydrogen-bond acceptors (Lipinski definition) is 5. The predicted molar refractivity (Wildman–Crippen MR) is 59.4 cm³/mol. The summed E-state index contributed by atoms with van der Waals surface area (Å²) in [5, 5.41) is 0.327. The largest absolute Gasteiger partial charge is 0.481 e. The molecule has 82 valence electrons. The van der Waals surface area contributed by atoms with Crippen LogP contribution in [0.2, 0.25) is 5.15 Å². The average molecular weight is 237 g/mol. The molecule has 0 saturated carbocycles. The summed E-state index contributed by atoms with van der Waals surface area (Å²) >= 11 is 5.76. The molecule has 0 aliphatic carbocycles. The normalized spacial score (nSPS) is 10.2. The molecular weight excluding hydrogens is 228 g/mol. The molecule has 0 bridgehead atoms. The first kappa shape index (κ1) is 10.8. The molecule has 0 aliphatic heterocycles. The number of ether oxygens (including phenoxy) is 1. The van der Waals surface area contributed by atoms with Crippen molar-refractivity contribution in [3.63, 3.8) is 0 Å². The monoisotopic (exact) mass is 236 g/mol. The van der Waals surface area contributed by atoms with E-state index >= 15 is 0 Å². The van der Waals surface area contributed by atoms with Gasteiger partial charge in [0.05, 0.1) is 25.2 Å². The molecular formula is C10H9ClN4O. The van der Waals surface area contributed by atoms with E-state index in [0.717, 1.165) is 0 Å². The highest BCUT2D eigenvalue weighted by Gasteiger charge is 2.06. The zero-order valence-electron chi connectivity index (χ0n) is 8.81. The Hall–Kier alpha value is -1.75. The van der Waals surface area contributed by atoms with Crippen LogP contribution in [0.5, 0.6) is 5.88 Å². The highest BCUT2D eigenvalue weighted by atomic mass is 35.5. The van der Waals surface area contributed by atoms with Crippen LogP contribution in [0, 0.1) is 6.92 Å². The molecule has 0 radical (unpaired) electrons. The SMILES string of the molecule is COc1cc(-c2cncc(Cl)n2)nc(C)n1. The topological polar surface area (TPSA) is 60.8 Å².